The number of hydrogen-bond donors (Lipinski definition) is 0. The lowest BCUT2D eigenvalue weighted by Crippen LogP contribution is -2.46. The van der Waals surface area contributed by atoms with Crippen molar-refractivity contribution in [3.63, 3.8) is 0 Å². The van der Waals surface area contributed by atoms with E-state index in [-0.39, 0.29) is 18.1 Å². The summed E-state index contributed by atoms with van der Waals surface area (Å²) in [4.78, 5) is 27.4. The monoisotopic (exact) mass is 222 g/mol. The fraction of sp³-hybridized carbons (Fsp3) is 0.833. The maximum absolute atomic E-state index is 11.8. The van der Waals surface area contributed by atoms with Gasteiger partial charge in [0.1, 0.15) is 5.78 Å². The Hall–Kier alpha value is -0.900. The third-order valence-corrected chi connectivity index (χ3v) is 4.00. The molecule has 3 rings (SSSR count). The smallest absolute Gasteiger partial charge is 0.230 e. The third-order valence-electron chi connectivity index (χ3n) is 4.00. The van der Waals surface area contributed by atoms with Gasteiger partial charge in [0, 0.05) is 38.1 Å². The molecule has 16 heavy (non-hydrogen) atoms. The number of nitrogens with zero attached hydrogens (tertiary/aromatic N) is 2. The molecule has 4 heteroatoms. The van der Waals surface area contributed by atoms with Gasteiger partial charge < -0.3 is 4.90 Å². The van der Waals surface area contributed by atoms with Gasteiger partial charge in [0.25, 0.3) is 0 Å². The second-order valence-electron chi connectivity index (χ2n) is 5.22. The molecule has 2 aliphatic heterocycles. The summed E-state index contributed by atoms with van der Waals surface area (Å²) >= 11 is 0. The van der Waals surface area contributed by atoms with Crippen molar-refractivity contribution in [3.8, 4) is 0 Å². The lowest BCUT2D eigenvalue weighted by atomic mass is 10.1. The minimum atomic E-state index is 0.0545. The van der Waals surface area contributed by atoms with Crippen LogP contribution in [0.15, 0.2) is 0 Å². The average molecular weight is 222 g/mol. The van der Waals surface area contributed by atoms with Crippen LogP contribution in [0.25, 0.3) is 0 Å². The van der Waals surface area contributed by atoms with Crippen LogP contribution in [0.1, 0.15) is 32.1 Å². The Morgan fingerprint density at radius 1 is 1.00 bits per heavy atom. The molecule has 0 bridgehead atoms. The van der Waals surface area contributed by atoms with Crippen LogP contribution in [0.2, 0.25) is 0 Å². The molecule has 4 nitrogen and oxygen atoms in total. The summed E-state index contributed by atoms with van der Waals surface area (Å²) < 4.78 is 0. The van der Waals surface area contributed by atoms with E-state index in [4.69, 9.17) is 0 Å². The predicted octanol–water partition coefficient (Wildman–Crippen LogP) is 0.415. The maximum atomic E-state index is 11.8. The summed E-state index contributed by atoms with van der Waals surface area (Å²) in [5.41, 5.74) is 0. The molecule has 2 heterocycles. The molecule has 1 unspecified atom stereocenters. The first-order chi connectivity index (χ1) is 7.74. The molecule has 0 aromatic heterocycles. The minimum Gasteiger partial charge on any atom is -0.338 e. The molecule has 0 aromatic carbocycles. The molecule has 1 saturated carbocycles. The highest BCUT2D eigenvalue weighted by Gasteiger charge is 2.38. The van der Waals surface area contributed by atoms with Crippen molar-refractivity contribution in [1.82, 2.24) is 9.80 Å². The highest BCUT2D eigenvalue weighted by Crippen LogP contribution is 2.31. The number of rotatable bonds is 2. The molecule has 0 radical (unpaired) electrons. The molecule has 0 aromatic rings. The minimum absolute atomic E-state index is 0.0545. The first kappa shape index (κ1) is 10.3. The average Bonchev–Trinajstić information content (AvgIpc) is 2.98. The Kier molecular flexibility index (Phi) is 2.46. The van der Waals surface area contributed by atoms with Crippen LogP contribution in [0, 0.1) is 0 Å². The van der Waals surface area contributed by atoms with Crippen LogP contribution < -0.4 is 0 Å². The molecule has 2 saturated heterocycles. The number of likely N-dealkylation sites (tertiary alicyclic amines) is 2. The zero-order valence-corrected chi connectivity index (χ0v) is 9.52. The van der Waals surface area contributed by atoms with Crippen molar-refractivity contribution in [2.75, 3.05) is 19.6 Å². The van der Waals surface area contributed by atoms with E-state index >= 15 is 0 Å². The molecule has 3 aliphatic rings. The van der Waals surface area contributed by atoms with E-state index in [9.17, 15) is 9.59 Å². The first-order valence-corrected chi connectivity index (χ1v) is 6.29. The summed E-state index contributed by atoms with van der Waals surface area (Å²) in [7, 11) is 0. The lowest BCUT2D eigenvalue weighted by molar-refractivity contribution is -0.141. The largest absolute Gasteiger partial charge is 0.338 e. The SMILES string of the molecule is O=C1CCN(C2CCN(C3CC3)C2)C(=O)C1. The zero-order chi connectivity index (χ0) is 11.1. The number of amides is 1. The standard InChI is InChI=1S/C12H18N2O2/c15-11-4-6-14(12(16)7-11)10-3-5-13(8-10)9-1-2-9/h9-10H,1-8H2. The Bertz CT molecular complexity index is 325. The van der Waals surface area contributed by atoms with Crippen molar-refractivity contribution in [2.24, 2.45) is 0 Å². The Balaban J connectivity index is 1.60. The fourth-order valence-electron chi connectivity index (χ4n) is 2.91. The van der Waals surface area contributed by atoms with Crippen LogP contribution in [0.5, 0.6) is 0 Å². The van der Waals surface area contributed by atoms with E-state index < -0.39 is 0 Å². The van der Waals surface area contributed by atoms with E-state index in [1.54, 1.807) is 0 Å². The van der Waals surface area contributed by atoms with Crippen molar-refractivity contribution in [3.05, 3.63) is 0 Å². The van der Waals surface area contributed by atoms with Gasteiger partial charge in [-0.2, -0.15) is 0 Å². The Morgan fingerprint density at radius 2 is 1.81 bits per heavy atom. The summed E-state index contributed by atoms with van der Waals surface area (Å²) in [6.07, 6.45) is 4.46. The number of ketones is 1. The maximum Gasteiger partial charge on any atom is 0.230 e. The molecular weight excluding hydrogens is 204 g/mol. The third kappa shape index (κ3) is 1.86. The van der Waals surface area contributed by atoms with Gasteiger partial charge in [-0.1, -0.05) is 0 Å². The van der Waals surface area contributed by atoms with Gasteiger partial charge in [-0.3, -0.25) is 14.5 Å². The normalized spacial score (nSPS) is 32.5. The number of carbonyl (C=O) groups is 2. The van der Waals surface area contributed by atoms with E-state index in [1.807, 2.05) is 4.90 Å². The van der Waals surface area contributed by atoms with Gasteiger partial charge in [0.15, 0.2) is 0 Å². The quantitative estimate of drug-likeness (QED) is 0.636. The number of hydrogen-bond acceptors (Lipinski definition) is 3. The molecule has 3 fully saturated rings. The van der Waals surface area contributed by atoms with Crippen molar-refractivity contribution >= 4 is 11.7 Å². The predicted molar refractivity (Wildman–Crippen MR) is 59.0 cm³/mol. The molecule has 1 atom stereocenters. The lowest BCUT2D eigenvalue weighted by Gasteiger charge is -2.31. The van der Waals surface area contributed by atoms with Crippen LogP contribution >= 0.6 is 0 Å². The summed E-state index contributed by atoms with van der Waals surface area (Å²) in [5.74, 6) is 0.164. The topological polar surface area (TPSA) is 40.6 Å². The van der Waals surface area contributed by atoms with E-state index in [2.05, 4.69) is 4.90 Å². The van der Waals surface area contributed by atoms with Crippen molar-refractivity contribution in [2.45, 2.75) is 44.2 Å². The first-order valence-electron chi connectivity index (χ1n) is 6.29. The Morgan fingerprint density at radius 3 is 2.50 bits per heavy atom. The van der Waals surface area contributed by atoms with E-state index in [1.165, 1.54) is 12.8 Å². The summed E-state index contributed by atoms with van der Waals surface area (Å²) in [6, 6.07) is 1.17. The second-order valence-corrected chi connectivity index (χ2v) is 5.22. The van der Waals surface area contributed by atoms with Gasteiger partial charge in [-0.05, 0) is 19.3 Å². The number of carbonyl (C=O) groups excluding carboxylic acids is 2. The zero-order valence-electron chi connectivity index (χ0n) is 9.52. The Labute approximate surface area is 95.6 Å². The van der Waals surface area contributed by atoms with Crippen LogP contribution in [-0.4, -0.2) is 53.2 Å². The van der Waals surface area contributed by atoms with E-state index in [0.29, 0.717) is 19.0 Å². The fourth-order valence-corrected chi connectivity index (χ4v) is 2.91. The highest BCUT2D eigenvalue weighted by molar-refractivity contribution is 6.00. The van der Waals surface area contributed by atoms with Gasteiger partial charge >= 0.3 is 0 Å². The summed E-state index contributed by atoms with van der Waals surface area (Å²) in [6.45, 7) is 2.82. The number of Topliss-reactive ketones (excluding diaryl/α,β-unsaturated/α-hetero) is 1. The molecule has 1 aliphatic carbocycles. The molecule has 0 spiro atoms. The van der Waals surface area contributed by atoms with Crippen LogP contribution in [0.4, 0.5) is 0 Å². The van der Waals surface area contributed by atoms with E-state index in [0.717, 1.165) is 25.6 Å². The van der Waals surface area contributed by atoms with Crippen LogP contribution in [0.3, 0.4) is 0 Å². The molecular formula is C12H18N2O2. The summed E-state index contributed by atoms with van der Waals surface area (Å²) in [5, 5.41) is 0. The van der Waals surface area contributed by atoms with Crippen LogP contribution in [-0.2, 0) is 9.59 Å². The molecule has 1 amide bonds. The van der Waals surface area contributed by atoms with Gasteiger partial charge in [0.2, 0.25) is 5.91 Å². The number of piperidine rings is 1. The van der Waals surface area contributed by atoms with Crippen molar-refractivity contribution < 1.29 is 9.59 Å². The van der Waals surface area contributed by atoms with Gasteiger partial charge in [-0.25, -0.2) is 0 Å². The van der Waals surface area contributed by atoms with Crippen molar-refractivity contribution in [1.29, 1.82) is 0 Å². The molecule has 88 valence electrons. The highest BCUT2D eigenvalue weighted by atomic mass is 16.2. The van der Waals surface area contributed by atoms with Gasteiger partial charge in [-0.15, -0.1) is 0 Å². The van der Waals surface area contributed by atoms with Gasteiger partial charge in [0.05, 0.1) is 6.42 Å². The second kappa shape index (κ2) is 3.84. The molecule has 0 N–H and O–H groups in total.